The van der Waals surface area contributed by atoms with E-state index in [0.29, 0.717) is 6.54 Å². The molecule has 2 nitrogen and oxygen atoms in total. The third kappa shape index (κ3) is 1.91. The molecule has 0 radical (unpaired) electrons. The molecule has 0 aromatic heterocycles. The Morgan fingerprint density at radius 1 is 1.19 bits per heavy atom. The van der Waals surface area contributed by atoms with Crippen LogP contribution in [0.5, 0.6) is 0 Å². The van der Waals surface area contributed by atoms with Gasteiger partial charge < -0.3 is 10.8 Å². The number of hydrogen-bond donors (Lipinski definition) is 2. The Kier molecular flexibility index (Phi) is 3.60. The largest absolute Gasteiger partial charge is 0.389 e. The first-order valence-corrected chi connectivity index (χ1v) is 7.08. The van der Waals surface area contributed by atoms with Crippen molar-refractivity contribution in [1.82, 2.24) is 0 Å². The maximum absolute atomic E-state index is 10.9. The van der Waals surface area contributed by atoms with Gasteiger partial charge in [0.1, 0.15) is 0 Å². The van der Waals surface area contributed by atoms with Crippen LogP contribution in [-0.2, 0) is 0 Å². The number of nitrogens with two attached hydrogens (primary N) is 1. The first-order chi connectivity index (χ1) is 7.66. The van der Waals surface area contributed by atoms with Crippen LogP contribution in [0, 0.1) is 11.3 Å². The molecule has 16 heavy (non-hydrogen) atoms. The minimum atomic E-state index is -0.435. The zero-order valence-corrected chi connectivity index (χ0v) is 10.7. The molecule has 94 valence electrons. The zero-order valence-electron chi connectivity index (χ0n) is 10.7. The first kappa shape index (κ1) is 12.4. The lowest BCUT2D eigenvalue weighted by Crippen LogP contribution is -2.53. The van der Waals surface area contributed by atoms with Gasteiger partial charge in [0.05, 0.1) is 5.60 Å². The minimum Gasteiger partial charge on any atom is -0.389 e. The van der Waals surface area contributed by atoms with E-state index in [2.05, 4.69) is 6.92 Å². The highest BCUT2D eigenvalue weighted by molar-refractivity contribution is 5.04. The van der Waals surface area contributed by atoms with E-state index in [1.807, 2.05) is 0 Å². The van der Waals surface area contributed by atoms with Crippen LogP contribution in [0.2, 0.25) is 0 Å². The molecule has 0 saturated heterocycles. The molecule has 2 unspecified atom stereocenters. The van der Waals surface area contributed by atoms with Crippen LogP contribution in [-0.4, -0.2) is 17.3 Å². The topological polar surface area (TPSA) is 46.2 Å². The molecule has 0 amide bonds. The fraction of sp³-hybridized carbons (Fsp3) is 1.00. The van der Waals surface area contributed by atoms with Gasteiger partial charge in [0.2, 0.25) is 0 Å². The summed E-state index contributed by atoms with van der Waals surface area (Å²) >= 11 is 0. The van der Waals surface area contributed by atoms with Gasteiger partial charge in [0.15, 0.2) is 0 Å². The SMILES string of the molecule is CCC1CCCC(CN)(C2(O)CCCC2)C1. The summed E-state index contributed by atoms with van der Waals surface area (Å²) < 4.78 is 0. The lowest BCUT2D eigenvalue weighted by Gasteiger charge is -2.49. The van der Waals surface area contributed by atoms with Crippen molar-refractivity contribution in [3.63, 3.8) is 0 Å². The second-order valence-electron chi connectivity index (χ2n) is 6.09. The maximum atomic E-state index is 10.9. The molecule has 2 aliphatic rings. The van der Waals surface area contributed by atoms with E-state index in [4.69, 9.17) is 5.73 Å². The standard InChI is InChI=1S/C14H27NO/c1-2-12-6-5-7-13(10-12,11-15)14(16)8-3-4-9-14/h12,16H,2-11,15H2,1H3. The first-order valence-electron chi connectivity index (χ1n) is 7.08. The average Bonchev–Trinajstić information content (AvgIpc) is 2.77. The van der Waals surface area contributed by atoms with E-state index in [1.54, 1.807) is 0 Å². The maximum Gasteiger partial charge on any atom is 0.0715 e. The Bertz CT molecular complexity index is 235. The van der Waals surface area contributed by atoms with E-state index in [1.165, 1.54) is 32.1 Å². The summed E-state index contributed by atoms with van der Waals surface area (Å²) in [5, 5.41) is 10.9. The van der Waals surface area contributed by atoms with E-state index in [9.17, 15) is 5.11 Å². The van der Waals surface area contributed by atoms with Gasteiger partial charge in [-0.25, -0.2) is 0 Å². The zero-order chi connectivity index (χ0) is 11.6. The smallest absolute Gasteiger partial charge is 0.0715 e. The summed E-state index contributed by atoms with van der Waals surface area (Å²) in [6.45, 7) is 2.95. The van der Waals surface area contributed by atoms with Gasteiger partial charge in [-0.2, -0.15) is 0 Å². The number of aliphatic hydroxyl groups is 1. The van der Waals surface area contributed by atoms with E-state index in [-0.39, 0.29) is 5.41 Å². The molecule has 0 aromatic carbocycles. The molecule has 2 aliphatic carbocycles. The van der Waals surface area contributed by atoms with Crippen LogP contribution in [0.1, 0.15) is 64.7 Å². The van der Waals surface area contributed by atoms with E-state index in [0.717, 1.165) is 31.6 Å². The Balaban J connectivity index is 2.17. The summed E-state index contributed by atoms with van der Waals surface area (Å²) in [5.74, 6) is 0.793. The van der Waals surface area contributed by atoms with Crippen molar-refractivity contribution in [1.29, 1.82) is 0 Å². The third-order valence-electron chi connectivity index (χ3n) is 5.33. The molecular weight excluding hydrogens is 198 g/mol. The monoisotopic (exact) mass is 225 g/mol. The van der Waals surface area contributed by atoms with E-state index < -0.39 is 5.60 Å². The molecule has 0 spiro atoms. The summed E-state index contributed by atoms with van der Waals surface area (Å²) in [6.07, 6.45) is 10.5. The van der Waals surface area contributed by atoms with Crippen LogP contribution < -0.4 is 5.73 Å². The molecule has 0 aliphatic heterocycles. The Morgan fingerprint density at radius 3 is 2.44 bits per heavy atom. The van der Waals surface area contributed by atoms with Crippen molar-refractivity contribution in [2.24, 2.45) is 17.1 Å². The van der Waals surface area contributed by atoms with Gasteiger partial charge in [0.25, 0.3) is 0 Å². The highest BCUT2D eigenvalue weighted by Gasteiger charge is 2.52. The normalized spacial score (nSPS) is 38.8. The summed E-state index contributed by atoms with van der Waals surface area (Å²) in [4.78, 5) is 0. The minimum absolute atomic E-state index is 0.0441. The molecule has 2 atom stereocenters. The van der Waals surface area contributed by atoms with Gasteiger partial charge in [-0.15, -0.1) is 0 Å². The van der Waals surface area contributed by atoms with Crippen molar-refractivity contribution >= 4 is 0 Å². The molecule has 0 heterocycles. The molecule has 3 N–H and O–H groups in total. The quantitative estimate of drug-likeness (QED) is 0.776. The summed E-state index contributed by atoms with van der Waals surface area (Å²) in [5.41, 5.74) is 5.67. The van der Waals surface area contributed by atoms with Crippen LogP contribution in [0.15, 0.2) is 0 Å². The van der Waals surface area contributed by atoms with Crippen molar-refractivity contribution in [2.45, 2.75) is 70.3 Å². The Hall–Kier alpha value is -0.0800. The second-order valence-corrected chi connectivity index (χ2v) is 6.09. The molecule has 2 rings (SSSR count). The lowest BCUT2D eigenvalue weighted by molar-refractivity contribution is -0.104. The highest BCUT2D eigenvalue weighted by atomic mass is 16.3. The van der Waals surface area contributed by atoms with Gasteiger partial charge >= 0.3 is 0 Å². The van der Waals surface area contributed by atoms with E-state index >= 15 is 0 Å². The average molecular weight is 225 g/mol. The highest BCUT2D eigenvalue weighted by Crippen LogP contribution is 2.53. The van der Waals surface area contributed by atoms with Crippen LogP contribution in [0.4, 0.5) is 0 Å². The third-order valence-corrected chi connectivity index (χ3v) is 5.33. The lowest BCUT2D eigenvalue weighted by atomic mass is 9.59. The van der Waals surface area contributed by atoms with Crippen LogP contribution in [0.3, 0.4) is 0 Å². The van der Waals surface area contributed by atoms with Gasteiger partial charge in [-0.3, -0.25) is 0 Å². The molecule has 0 bridgehead atoms. The predicted octanol–water partition coefficient (Wildman–Crippen LogP) is 2.84. The van der Waals surface area contributed by atoms with Crippen LogP contribution >= 0.6 is 0 Å². The van der Waals surface area contributed by atoms with Crippen LogP contribution in [0.25, 0.3) is 0 Å². The second kappa shape index (κ2) is 4.66. The fourth-order valence-electron chi connectivity index (χ4n) is 4.12. The molecule has 2 saturated carbocycles. The van der Waals surface area contributed by atoms with Crippen molar-refractivity contribution in [3.8, 4) is 0 Å². The Labute approximate surface area is 99.6 Å². The van der Waals surface area contributed by atoms with Gasteiger partial charge in [-0.05, 0) is 31.6 Å². The summed E-state index contributed by atoms with van der Waals surface area (Å²) in [7, 11) is 0. The molecule has 2 fully saturated rings. The summed E-state index contributed by atoms with van der Waals surface area (Å²) in [6, 6.07) is 0. The van der Waals surface area contributed by atoms with Gasteiger partial charge in [0, 0.05) is 12.0 Å². The fourth-order valence-corrected chi connectivity index (χ4v) is 4.12. The predicted molar refractivity (Wildman–Crippen MR) is 67.2 cm³/mol. The molecule has 2 heteroatoms. The molecule has 0 aromatic rings. The van der Waals surface area contributed by atoms with Crippen molar-refractivity contribution < 1.29 is 5.11 Å². The Morgan fingerprint density at radius 2 is 1.88 bits per heavy atom. The van der Waals surface area contributed by atoms with Gasteiger partial charge in [-0.1, -0.05) is 39.0 Å². The van der Waals surface area contributed by atoms with Crippen molar-refractivity contribution in [2.75, 3.05) is 6.54 Å². The number of hydrogen-bond acceptors (Lipinski definition) is 2. The molecular formula is C14H27NO. The number of rotatable bonds is 3. The van der Waals surface area contributed by atoms with Crippen molar-refractivity contribution in [3.05, 3.63) is 0 Å².